The van der Waals surface area contributed by atoms with Crippen molar-refractivity contribution in [2.24, 2.45) is 0 Å². The van der Waals surface area contributed by atoms with Gasteiger partial charge in [-0.1, -0.05) is 77.9 Å². The molecule has 4 aromatic carbocycles. The number of hydrogen-bond acceptors (Lipinski definition) is 4. The molecule has 0 spiro atoms. The van der Waals surface area contributed by atoms with Crippen LogP contribution in [0.2, 0.25) is 0 Å². The van der Waals surface area contributed by atoms with E-state index in [1.54, 1.807) is 6.20 Å². The summed E-state index contributed by atoms with van der Waals surface area (Å²) in [5.41, 5.74) is 7.28. The second kappa shape index (κ2) is 12.5. The van der Waals surface area contributed by atoms with E-state index in [1.807, 2.05) is 85.1 Å². The van der Waals surface area contributed by atoms with E-state index in [9.17, 15) is 0 Å². The molecule has 40 heavy (non-hydrogen) atoms. The third kappa shape index (κ3) is 6.02. The van der Waals surface area contributed by atoms with Crippen molar-refractivity contribution in [2.75, 3.05) is 0 Å². The Labute approximate surface area is 247 Å². The van der Waals surface area contributed by atoms with Gasteiger partial charge in [0.1, 0.15) is 0 Å². The number of benzene rings is 4. The molecule has 4 nitrogen and oxygen atoms in total. The van der Waals surface area contributed by atoms with E-state index in [-0.39, 0.29) is 20.1 Å². The molecule has 0 atom stereocenters. The fourth-order valence-corrected chi connectivity index (χ4v) is 4.26. The van der Waals surface area contributed by atoms with Crippen LogP contribution in [-0.4, -0.2) is 9.97 Å². The minimum Gasteiger partial charge on any atom is -0.494 e. The summed E-state index contributed by atoms with van der Waals surface area (Å²) in [4.78, 5) is 8.71. The van der Waals surface area contributed by atoms with Crippen LogP contribution in [-0.2, 0) is 20.1 Å². The monoisotopic (exact) mass is 697 g/mol. The molecule has 6 aromatic rings. The van der Waals surface area contributed by atoms with Crippen molar-refractivity contribution in [1.29, 1.82) is 0 Å². The zero-order valence-electron chi connectivity index (χ0n) is 21.7. The van der Waals surface area contributed by atoms with Crippen molar-refractivity contribution in [2.45, 2.75) is 6.92 Å². The van der Waals surface area contributed by atoms with Gasteiger partial charge in [-0.15, -0.1) is 47.5 Å². The molecule has 0 saturated heterocycles. The Morgan fingerprint density at radius 1 is 0.575 bits per heavy atom. The molecule has 1 aliphatic rings. The maximum absolute atomic E-state index is 5.97. The Morgan fingerprint density at radius 2 is 1.23 bits per heavy atom. The summed E-state index contributed by atoms with van der Waals surface area (Å²) in [6, 6.07) is 44.1. The second-order valence-electron chi connectivity index (χ2n) is 8.98. The topological polar surface area (TPSA) is 44.2 Å². The van der Waals surface area contributed by atoms with E-state index in [4.69, 9.17) is 9.47 Å². The molecule has 197 valence electrons. The molecule has 0 amide bonds. The van der Waals surface area contributed by atoms with Crippen LogP contribution in [0.5, 0.6) is 23.0 Å². The first-order chi connectivity index (χ1) is 19.2. The van der Waals surface area contributed by atoms with Gasteiger partial charge in [0.25, 0.3) is 0 Å². The van der Waals surface area contributed by atoms with E-state index in [2.05, 4.69) is 65.4 Å². The van der Waals surface area contributed by atoms with Gasteiger partial charge in [-0.05, 0) is 48.1 Å². The van der Waals surface area contributed by atoms with Crippen LogP contribution in [0.25, 0.3) is 33.6 Å². The van der Waals surface area contributed by atoms with Gasteiger partial charge < -0.3 is 19.4 Å². The van der Waals surface area contributed by atoms with Crippen molar-refractivity contribution in [3.05, 3.63) is 145 Å². The molecule has 7 rings (SSSR count). The fraction of sp³-hybridized carbons (Fsp3) is 0.0286. The molecule has 3 heterocycles. The summed E-state index contributed by atoms with van der Waals surface area (Å²) in [6.45, 7) is 2.10. The number of fused-ring (bicyclic) bond motifs is 2. The summed E-state index contributed by atoms with van der Waals surface area (Å²) in [5, 5.41) is 0. The summed E-state index contributed by atoms with van der Waals surface area (Å²) in [7, 11) is 0. The summed E-state index contributed by atoms with van der Waals surface area (Å²) >= 11 is 0. The molecule has 0 bridgehead atoms. The van der Waals surface area contributed by atoms with Gasteiger partial charge in [0.15, 0.2) is 11.5 Å². The fourth-order valence-electron chi connectivity index (χ4n) is 4.26. The van der Waals surface area contributed by atoms with Crippen LogP contribution in [0.15, 0.2) is 128 Å². The Bertz CT molecular complexity index is 1710. The SMILES string of the molecule is Cc1ccc(-c2cc[c-]c(-c3ccccn3)c2)cc1.[Ir].[c-]1ccc2c(c1-c1ccccn1)Oc1ccccc1O2. The number of hydrogen-bond donors (Lipinski definition) is 0. The summed E-state index contributed by atoms with van der Waals surface area (Å²) in [5.74, 6) is 2.77. The molecular formula is C35H24IrN2O2-2. The average molecular weight is 697 g/mol. The number of ether oxygens (including phenoxy) is 2. The van der Waals surface area contributed by atoms with E-state index in [0.717, 1.165) is 28.3 Å². The van der Waals surface area contributed by atoms with E-state index in [1.165, 1.54) is 16.7 Å². The molecule has 0 unspecified atom stereocenters. The first-order valence-electron chi connectivity index (χ1n) is 12.7. The number of pyridine rings is 2. The van der Waals surface area contributed by atoms with Gasteiger partial charge in [0, 0.05) is 32.5 Å². The maximum Gasteiger partial charge on any atom is 0.166 e. The Kier molecular flexibility index (Phi) is 8.46. The van der Waals surface area contributed by atoms with Crippen molar-refractivity contribution < 1.29 is 29.6 Å². The van der Waals surface area contributed by atoms with Crippen LogP contribution in [0.1, 0.15) is 5.56 Å². The zero-order valence-corrected chi connectivity index (χ0v) is 24.1. The Balaban J connectivity index is 0.000000158. The molecule has 0 fully saturated rings. The number of aryl methyl sites for hydroxylation is 1. The molecule has 5 heteroatoms. The second-order valence-corrected chi connectivity index (χ2v) is 8.98. The first kappa shape index (κ1) is 27.0. The van der Waals surface area contributed by atoms with Gasteiger partial charge in [-0.2, -0.15) is 0 Å². The summed E-state index contributed by atoms with van der Waals surface area (Å²) in [6.07, 6.45) is 3.56. The molecular weight excluding hydrogens is 673 g/mol. The number of rotatable bonds is 3. The van der Waals surface area contributed by atoms with Crippen LogP contribution >= 0.6 is 0 Å². The molecule has 0 saturated carbocycles. The maximum atomic E-state index is 5.97. The van der Waals surface area contributed by atoms with Gasteiger partial charge in [-0.3, -0.25) is 0 Å². The van der Waals surface area contributed by atoms with E-state index < -0.39 is 0 Å². The van der Waals surface area contributed by atoms with Gasteiger partial charge in [0.05, 0.1) is 11.5 Å². The number of para-hydroxylation sites is 2. The van der Waals surface area contributed by atoms with Gasteiger partial charge in [-0.25, -0.2) is 0 Å². The molecule has 0 aliphatic carbocycles. The van der Waals surface area contributed by atoms with Crippen molar-refractivity contribution in [3.63, 3.8) is 0 Å². The van der Waals surface area contributed by atoms with Crippen LogP contribution < -0.4 is 9.47 Å². The minimum atomic E-state index is 0. The molecule has 1 aliphatic heterocycles. The largest absolute Gasteiger partial charge is 0.494 e. The normalized spacial score (nSPS) is 10.8. The zero-order chi connectivity index (χ0) is 26.4. The third-order valence-corrected chi connectivity index (χ3v) is 6.24. The molecule has 1 radical (unpaired) electrons. The average Bonchev–Trinajstić information content (AvgIpc) is 3.01. The van der Waals surface area contributed by atoms with E-state index in [0.29, 0.717) is 17.2 Å². The van der Waals surface area contributed by atoms with Gasteiger partial charge >= 0.3 is 0 Å². The smallest absolute Gasteiger partial charge is 0.166 e. The standard InChI is InChI=1S/C18H14N.C17H10NO2.Ir/c1-14-8-10-15(11-9-14)16-5-4-6-17(13-16)18-7-2-3-12-19-18;1-2-9-15-14(8-1)19-16-10-5-6-12(17(16)20-15)13-7-3-4-11-18-13;/h2-5,7-13H,1H3;1-5,7-11H;/q2*-1;. The predicted octanol–water partition coefficient (Wildman–Crippen LogP) is 8.97. The van der Waals surface area contributed by atoms with Crippen molar-refractivity contribution >= 4 is 0 Å². The number of nitrogens with zero attached hydrogens (tertiary/aromatic N) is 2. The Hall–Kier alpha value is -4.57. The van der Waals surface area contributed by atoms with E-state index >= 15 is 0 Å². The quantitative estimate of drug-likeness (QED) is 0.173. The summed E-state index contributed by atoms with van der Waals surface area (Å²) < 4.78 is 11.8. The van der Waals surface area contributed by atoms with Crippen LogP contribution in [0.4, 0.5) is 0 Å². The minimum absolute atomic E-state index is 0. The predicted molar refractivity (Wildman–Crippen MR) is 154 cm³/mol. The van der Waals surface area contributed by atoms with Crippen molar-refractivity contribution in [1.82, 2.24) is 9.97 Å². The van der Waals surface area contributed by atoms with Gasteiger partial charge in [0.2, 0.25) is 0 Å². The first-order valence-corrected chi connectivity index (χ1v) is 12.7. The molecule has 0 N–H and O–H groups in total. The number of aromatic nitrogens is 2. The molecule has 2 aromatic heterocycles. The van der Waals surface area contributed by atoms with Crippen LogP contribution in [0.3, 0.4) is 0 Å². The van der Waals surface area contributed by atoms with Crippen LogP contribution in [0, 0.1) is 19.1 Å². The Morgan fingerprint density at radius 3 is 1.93 bits per heavy atom. The third-order valence-electron chi connectivity index (χ3n) is 6.24. The van der Waals surface area contributed by atoms with Crippen molar-refractivity contribution in [3.8, 4) is 56.6 Å².